The first kappa shape index (κ1) is 19.8. The van der Waals surface area contributed by atoms with E-state index in [1.807, 2.05) is 0 Å². The summed E-state index contributed by atoms with van der Waals surface area (Å²) in [6.45, 7) is -0.530. The molecule has 0 atom stereocenters. The molecular formula is C18H15Cl2NO5S. The fraction of sp³-hybridized carbons (Fsp3) is 0.222. The second kappa shape index (κ2) is 7.98. The Kier molecular flexibility index (Phi) is 5.86. The molecule has 0 bridgehead atoms. The lowest BCUT2D eigenvalue weighted by atomic mass is 10.1. The number of nitrogens with one attached hydrogen (secondary N) is 1. The van der Waals surface area contributed by atoms with Crippen LogP contribution in [0.15, 0.2) is 47.4 Å². The molecular weight excluding hydrogens is 413 g/mol. The van der Waals surface area contributed by atoms with E-state index in [1.165, 1.54) is 42.5 Å². The zero-order chi connectivity index (χ0) is 19.6. The molecule has 27 heavy (non-hydrogen) atoms. The quantitative estimate of drug-likeness (QED) is 0.539. The van der Waals surface area contributed by atoms with Crippen LogP contribution in [0.4, 0.5) is 0 Å². The van der Waals surface area contributed by atoms with Gasteiger partial charge in [0.2, 0.25) is 15.8 Å². The van der Waals surface area contributed by atoms with Crippen molar-refractivity contribution in [1.29, 1.82) is 0 Å². The number of hydrogen-bond acceptors (Lipinski definition) is 5. The number of ketones is 1. The third kappa shape index (κ3) is 5.07. The average molecular weight is 428 g/mol. The van der Waals surface area contributed by atoms with Gasteiger partial charge in [0.15, 0.2) is 6.61 Å². The molecule has 6 nitrogen and oxygen atoms in total. The van der Waals surface area contributed by atoms with Gasteiger partial charge in [-0.15, -0.1) is 0 Å². The van der Waals surface area contributed by atoms with E-state index in [2.05, 4.69) is 4.72 Å². The van der Waals surface area contributed by atoms with E-state index in [0.717, 1.165) is 12.8 Å². The van der Waals surface area contributed by atoms with Gasteiger partial charge in [-0.25, -0.2) is 17.9 Å². The molecule has 2 aromatic carbocycles. The van der Waals surface area contributed by atoms with Crippen molar-refractivity contribution in [1.82, 2.24) is 4.72 Å². The number of hydrogen-bond donors (Lipinski definition) is 1. The summed E-state index contributed by atoms with van der Waals surface area (Å²) in [6, 6.07) is 9.77. The molecule has 9 heteroatoms. The average Bonchev–Trinajstić information content (AvgIpc) is 3.43. The van der Waals surface area contributed by atoms with E-state index in [1.54, 1.807) is 0 Å². The standard InChI is InChI=1S/C18H15Cl2NO5S/c19-12-4-7-15(16(20)9-12)17(22)10-26-18(23)11-2-1-3-14(8-11)27(24,25)21-13-5-6-13/h1-4,7-9,13,21H,5-6,10H2. The first-order valence-electron chi connectivity index (χ1n) is 8.04. The molecule has 0 spiro atoms. The number of carbonyl (C=O) groups excluding carboxylic acids is 2. The van der Waals surface area contributed by atoms with E-state index in [-0.39, 0.29) is 27.1 Å². The maximum absolute atomic E-state index is 12.2. The minimum atomic E-state index is -3.69. The second-order valence-electron chi connectivity index (χ2n) is 6.05. The zero-order valence-corrected chi connectivity index (χ0v) is 16.3. The third-order valence-corrected chi connectivity index (χ3v) is 5.91. The molecule has 1 aliphatic rings. The Morgan fingerprint density at radius 2 is 1.85 bits per heavy atom. The van der Waals surface area contributed by atoms with E-state index in [4.69, 9.17) is 27.9 Å². The Bertz CT molecular complexity index is 1000. The Labute approximate surface area is 166 Å². The summed E-state index contributed by atoms with van der Waals surface area (Å²) in [6.07, 6.45) is 1.60. The molecule has 1 N–H and O–H groups in total. The van der Waals surface area contributed by atoms with Gasteiger partial charge in [0.05, 0.1) is 15.5 Å². The van der Waals surface area contributed by atoms with Crippen LogP contribution in [0, 0.1) is 0 Å². The summed E-state index contributed by atoms with van der Waals surface area (Å²) < 4.78 is 32.0. The van der Waals surface area contributed by atoms with Gasteiger partial charge in [-0.3, -0.25) is 4.79 Å². The summed E-state index contributed by atoms with van der Waals surface area (Å²) in [5.41, 5.74) is 0.211. The molecule has 0 amide bonds. The van der Waals surface area contributed by atoms with Gasteiger partial charge in [0.25, 0.3) is 0 Å². The fourth-order valence-corrected chi connectivity index (χ4v) is 4.15. The number of ether oxygens (including phenoxy) is 1. The molecule has 0 heterocycles. The lowest BCUT2D eigenvalue weighted by Gasteiger charge is -2.08. The molecule has 1 saturated carbocycles. The molecule has 3 rings (SSSR count). The number of carbonyl (C=O) groups is 2. The van der Waals surface area contributed by atoms with Crippen molar-refractivity contribution in [2.45, 2.75) is 23.8 Å². The van der Waals surface area contributed by atoms with Crippen LogP contribution in [0.3, 0.4) is 0 Å². The highest BCUT2D eigenvalue weighted by Crippen LogP contribution is 2.23. The Balaban J connectivity index is 1.67. The molecule has 142 valence electrons. The number of sulfonamides is 1. The van der Waals surface area contributed by atoms with Crippen molar-refractivity contribution in [3.63, 3.8) is 0 Å². The van der Waals surface area contributed by atoms with Gasteiger partial charge in [-0.05, 0) is 49.2 Å². The Hall–Kier alpha value is -1.93. The van der Waals surface area contributed by atoms with Crippen LogP contribution in [0.25, 0.3) is 0 Å². The molecule has 0 saturated heterocycles. The summed E-state index contributed by atoms with van der Waals surface area (Å²) >= 11 is 11.7. The molecule has 2 aromatic rings. The third-order valence-electron chi connectivity index (χ3n) is 3.85. The summed E-state index contributed by atoms with van der Waals surface area (Å²) in [5, 5.41) is 0.536. The van der Waals surface area contributed by atoms with E-state index in [9.17, 15) is 18.0 Å². The predicted molar refractivity (Wildman–Crippen MR) is 101 cm³/mol. The predicted octanol–water partition coefficient (Wildman–Crippen LogP) is 3.47. The summed E-state index contributed by atoms with van der Waals surface area (Å²) in [7, 11) is -3.69. The normalized spacial score (nSPS) is 14.0. The van der Waals surface area contributed by atoms with Crippen LogP contribution in [-0.4, -0.2) is 32.8 Å². The molecule has 0 unspecified atom stereocenters. The number of benzene rings is 2. The molecule has 1 aliphatic carbocycles. The minimum absolute atomic E-state index is 0.0312. The second-order valence-corrected chi connectivity index (χ2v) is 8.60. The van der Waals surface area contributed by atoms with Crippen LogP contribution in [0.5, 0.6) is 0 Å². The van der Waals surface area contributed by atoms with Crippen LogP contribution < -0.4 is 4.72 Å². The van der Waals surface area contributed by atoms with Gasteiger partial charge < -0.3 is 4.74 Å². The first-order valence-corrected chi connectivity index (χ1v) is 10.3. The molecule has 1 fully saturated rings. The number of Topliss-reactive ketones (excluding diaryl/α,β-unsaturated/α-hetero) is 1. The molecule has 0 radical (unpaired) electrons. The topological polar surface area (TPSA) is 89.5 Å². The van der Waals surface area contributed by atoms with Crippen molar-refractivity contribution in [2.75, 3.05) is 6.61 Å². The monoisotopic (exact) mass is 427 g/mol. The Morgan fingerprint density at radius 1 is 1.11 bits per heavy atom. The van der Waals surface area contributed by atoms with E-state index < -0.39 is 28.4 Å². The molecule has 0 aliphatic heterocycles. The van der Waals surface area contributed by atoms with Gasteiger partial charge in [-0.2, -0.15) is 0 Å². The van der Waals surface area contributed by atoms with Crippen molar-refractivity contribution in [2.24, 2.45) is 0 Å². The van der Waals surface area contributed by atoms with Crippen molar-refractivity contribution in [3.05, 3.63) is 63.6 Å². The van der Waals surface area contributed by atoms with Crippen molar-refractivity contribution in [3.8, 4) is 0 Å². The first-order chi connectivity index (χ1) is 12.8. The largest absolute Gasteiger partial charge is 0.454 e. The SMILES string of the molecule is O=C(OCC(=O)c1ccc(Cl)cc1Cl)c1cccc(S(=O)(=O)NC2CC2)c1. The maximum atomic E-state index is 12.2. The van der Waals surface area contributed by atoms with Gasteiger partial charge >= 0.3 is 5.97 Å². The highest BCUT2D eigenvalue weighted by atomic mass is 35.5. The maximum Gasteiger partial charge on any atom is 0.338 e. The van der Waals surface area contributed by atoms with Gasteiger partial charge in [-0.1, -0.05) is 29.3 Å². The minimum Gasteiger partial charge on any atom is -0.454 e. The van der Waals surface area contributed by atoms with Crippen LogP contribution in [0.2, 0.25) is 10.0 Å². The van der Waals surface area contributed by atoms with Crippen molar-refractivity contribution < 1.29 is 22.7 Å². The highest BCUT2D eigenvalue weighted by molar-refractivity contribution is 7.89. The molecule has 0 aromatic heterocycles. The number of esters is 1. The van der Waals surface area contributed by atoms with E-state index in [0.29, 0.717) is 5.02 Å². The lowest BCUT2D eigenvalue weighted by molar-refractivity contribution is 0.0474. The highest BCUT2D eigenvalue weighted by Gasteiger charge is 2.28. The number of rotatable bonds is 7. The van der Waals surface area contributed by atoms with Crippen molar-refractivity contribution >= 4 is 45.0 Å². The van der Waals surface area contributed by atoms with E-state index >= 15 is 0 Å². The fourth-order valence-electron chi connectivity index (χ4n) is 2.29. The zero-order valence-electron chi connectivity index (χ0n) is 13.9. The van der Waals surface area contributed by atoms with Gasteiger partial charge in [0, 0.05) is 16.6 Å². The van der Waals surface area contributed by atoms with Gasteiger partial charge in [0.1, 0.15) is 0 Å². The van der Waals surface area contributed by atoms with Crippen LogP contribution >= 0.6 is 23.2 Å². The van der Waals surface area contributed by atoms with Crippen LogP contribution in [0.1, 0.15) is 33.6 Å². The lowest BCUT2D eigenvalue weighted by Crippen LogP contribution is -2.26. The smallest absolute Gasteiger partial charge is 0.338 e. The number of halogens is 2. The summed E-state index contributed by atoms with van der Waals surface area (Å²) in [5.74, 6) is -1.30. The summed E-state index contributed by atoms with van der Waals surface area (Å²) in [4.78, 5) is 24.3. The van der Waals surface area contributed by atoms with Crippen LogP contribution in [-0.2, 0) is 14.8 Å². The Morgan fingerprint density at radius 3 is 2.52 bits per heavy atom.